The SMILES string of the molecule is COCCn1c(C(=O)Nc2ccc3c(c2)C(C)(C)C(=O)N3)cc2oc(Br)cc21. The number of hydrogen-bond acceptors (Lipinski definition) is 4. The molecule has 2 aromatic heterocycles. The number of ether oxygens (including phenoxy) is 1. The van der Waals surface area contributed by atoms with Gasteiger partial charge in [0.25, 0.3) is 5.91 Å². The number of nitrogens with zero attached hydrogens (tertiary/aromatic N) is 1. The maximum Gasteiger partial charge on any atom is 0.272 e. The molecule has 146 valence electrons. The van der Waals surface area contributed by atoms with Crippen LogP contribution in [0.2, 0.25) is 0 Å². The number of rotatable bonds is 5. The van der Waals surface area contributed by atoms with Crippen LogP contribution in [0.15, 0.2) is 39.4 Å². The Balaban J connectivity index is 1.65. The second-order valence-electron chi connectivity index (χ2n) is 7.27. The van der Waals surface area contributed by atoms with Crippen molar-refractivity contribution in [2.24, 2.45) is 0 Å². The van der Waals surface area contributed by atoms with E-state index in [1.165, 1.54) is 0 Å². The summed E-state index contributed by atoms with van der Waals surface area (Å²) < 4.78 is 13.2. The summed E-state index contributed by atoms with van der Waals surface area (Å²) in [7, 11) is 1.62. The van der Waals surface area contributed by atoms with Crippen molar-refractivity contribution in [2.75, 3.05) is 24.4 Å². The molecule has 8 heteroatoms. The summed E-state index contributed by atoms with van der Waals surface area (Å²) in [5.74, 6) is -0.306. The minimum atomic E-state index is -0.638. The molecular weight excluding hydrogens is 426 g/mol. The van der Waals surface area contributed by atoms with Crippen LogP contribution in [-0.2, 0) is 21.5 Å². The first-order valence-electron chi connectivity index (χ1n) is 8.86. The monoisotopic (exact) mass is 445 g/mol. The minimum absolute atomic E-state index is 0.0506. The highest BCUT2D eigenvalue weighted by molar-refractivity contribution is 9.10. The second-order valence-corrected chi connectivity index (χ2v) is 8.05. The van der Waals surface area contributed by atoms with E-state index < -0.39 is 5.41 Å². The predicted molar refractivity (Wildman–Crippen MR) is 110 cm³/mol. The molecular formula is C20H20BrN3O4. The van der Waals surface area contributed by atoms with Crippen molar-refractivity contribution >= 4 is 50.2 Å². The molecule has 1 aromatic carbocycles. The molecule has 4 rings (SSSR count). The number of fused-ring (bicyclic) bond motifs is 2. The van der Waals surface area contributed by atoms with Crippen LogP contribution in [-0.4, -0.2) is 30.1 Å². The Morgan fingerprint density at radius 1 is 1.32 bits per heavy atom. The number of benzene rings is 1. The zero-order valence-electron chi connectivity index (χ0n) is 15.8. The van der Waals surface area contributed by atoms with E-state index in [1.807, 2.05) is 36.6 Å². The molecule has 0 unspecified atom stereocenters. The van der Waals surface area contributed by atoms with Crippen LogP contribution in [0.25, 0.3) is 11.1 Å². The smallest absolute Gasteiger partial charge is 0.272 e. The van der Waals surface area contributed by atoms with Crippen LogP contribution in [0.4, 0.5) is 11.4 Å². The van der Waals surface area contributed by atoms with Gasteiger partial charge in [0.2, 0.25) is 5.91 Å². The molecule has 0 spiro atoms. The third kappa shape index (κ3) is 3.02. The van der Waals surface area contributed by atoms with E-state index >= 15 is 0 Å². The maximum atomic E-state index is 13.0. The fourth-order valence-electron chi connectivity index (χ4n) is 3.47. The summed E-state index contributed by atoms with van der Waals surface area (Å²) in [4.78, 5) is 25.1. The molecule has 0 radical (unpaired) electrons. The highest BCUT2D eigenvalue weighted by atomic mass is 79.9. The van der Waals surface area contributed by atoms with Crippen LogP contribution in [0.3, 0.4) is 0 Å². The summed E-state index contributed by atoms with van der Waals surface area (Å²) in [5, 5.41) is 5.79. The fourth-order valence-corrected chi connectivity index (χ4v) is 3.86. The number of halogens is 1. The first kappa shape index (κ1) is 18.8. The molecule has 0 aliphatic carbocycles. The number of aromatic nitrogens is 1. The van der Waals surface area contributed by atoms with Gasteiger partial charge >= 0.3 is 0 Å². The van der Waals surface area contributed by atoms with E-state index in [0.29, 0.717) is 34.8 Å². The molecule has 1 aliphatic rings. The summed E-state index contributed by atoms with van der Waals surface area (Å²) in [6.07, 6.45) is 0. The van der Waals surface area contributed by atoms with Gasteiger partial charge in [-0.3, -0.25) is 9.59 Å². The topological polar surface area (TPSA) is 85.5 Å². The molecule has 1 aliphatic heterocycles. The lowest BCUT2D eigenvalue weighted by Crippen LogP contribution is -2.27. The lowest BCUT2D eigenvalue weighted by Gasteiger charge is -2.16. The molecule has 0 saturated heterocycles. The van der Waals surface area contributed by atoms with Gasteiger partial charge in [0.15, 0.2) is 10.3 Å². The molecule has 0 atom stereocenters. The van der Waals surface area contributed by atoms with Crippen LogP contribution >= 0.6 is 15.9 Å². The van der Waals surface area contributed by atoms with Gasteiger partial charge in [-0.15, -0.1) is 0 Å². The predicted octanol–water partition coefficient (Wildman–Crippen LogP) is 4.13. The van der Waals surface area contributed by atoms with E-state index in [9.17, 15) is 9.59 Å². The van der Waals surface area contributed by atoms with Crippen molar-refractivity contribution in [1.29, 1.82) is 0 Å². The van der Waals surface area contributed by atoms with Crippen molar-refractivity contribution in [3.8, 4) is 0 Å². The molecule has 2 N–H and O–H groups in total. The van der Waals surface area contributed by atoms with Gasteiger partial charge < -0.3 is 24.4 Å². The Kier molecular flexibility index (Phi) is 4.55. The second kappa shape index (κ2) is 6.79. The van der Waals surface area contributed by atoms with Gasteiger partial charge in [0.05, 0.1) is 17.5 Å². The molecule has 28 heavy (non-hydrogen) atoms. The molecule has 7 nitrogen and oxygen atoms in total. The molecule has 2 amide bonds. The van der Waals surface area contributed by atoms with Crippen molar-refractivity contribution < 1.29 is 18.7 Å². The van der Waals surface area contributed by atoms with Gasteiger partial charge in [0.1, 0.15) is 5.69 Å². The third-order valence-corrected chi connectivity index (χ3v) is 5.47. The van der Waals surface area contributed by atoms with Crippen LogP contribution in [0.1, 0.15) is 29.9 Å². The molecule has 3 aromatic rings. The Morgan fingerprint density at radius 2 is 2.11 bits per heavy atom. The summed E-state index contributed by atoms with van der Waals surface area (Å²) in [5.41, 5.74) is 3.55. The Hall–Kier alpha value is -2.58. The number of carbonyl (C=O) groups excluding carboxylic acids is 2. The van der Waals surface area contributed by atoms with E-state index in [1.54, 1.807) is 19.2 Å². The summed E-state index contributed by atoms with van der Waals surface area (Å²) >= 11 is 3.32. The minimum Gasteiger partial charge on any atom is -0.448 e. The Morgan fingerprint density at radius 3 is 2.86 bits per heavy atom. The number of anilines is 2. The Bertz CT molecular complexity index is 1100. The average Bonchev–Trinajstić information content (AvgIpc) is 3.23. The van der Waals surface area contributed by atoms with Crippen LogP contribution in [0.5, 0.6) is 0 Å². The number of furan rings is 1. The van der Waals surface area contributed by atoms with Crippen molar-refractivity contribution in [3.63, 3.8) is 0 Å². The van der Waals surface area contributed by atoms with Gasteiger partial charge in [0, 0.05) is 37.2 Å². The van der Waals surface area contributed by atoms with E-state index in [-0.39, 0.29) is 11.8 Å². The third-order valence-electron chi connectivity index (χ3n) is 5.08. The quantitative estimate of drug-likeness (QED) is 0.618. The molecule has 0 fully saturated rings. The van der Waals surface area contributed by atoms with Crippen LogP contribution < -0.4 is 10.6 Å². The van der Waals surface area contributed by atoms with Gasteiger partial charge in [-0.1, -0.05) is 0 Å². The Labute approximate surface area is 170 Å². The van der Waals surface area contributed by atoms with Gasteiger partial charge in [-0.05, 0) is 53.5 Å². The van der Waals surface area contributed by atoms with Crippen molar-refractivity contribution in [1.82, 2.24) is 4.57 Å². The summed E-state index contributed by atoms with van der Waals surface area (Å²) in [6.45, 7) is 4.71. The largest absolute Gasteiger partial charge is 0.448 e. The van der Waals surface area contributed by atoms with E-state index in [0.717, 1.165) is 16.8 Å². The first-order valence-corrected chi connectivity index (χ1v) is 9.65. The number of amides is 2. The number of hydrogen-bond donors (Lipinski definition) is 2. The van der Waals surface area contributed by atoms with Gasteiger partial charge in [-0.25, -0.2) is 0 Å². The molecule has 0 saturated carbocycles. The zero-order chi connectivity index (χ0) is 20.1. The maximum absolute atomic E-state index is 13.0. The number of methoxy groups -OCH3 is 1. The average molecular weight is 446 g/mol. The van der Waals surface area contributed by atoms with Gasteiger partial charge in [-0.2, -0.15) is 0 Å². The van der Waals surface area contributed by atoms with Crippen molar-refractivity contribution in [3.05, 3.63) is 46.3 Å². The van der Waals surface area contributed by atoms with Crippen LogP contribution in [0, 0.1) is 0 Å². The lowest BCUT2D eigenvalue weighted by molar-refractivity contribution is -0.119. The van der Waals surface area contributed by atoms with E-state index in [4.69, 9.17) is 9.15 Å². The number of nitrogens with one attached hydrogen (secondary N) is 2. The standard InChI is InChI=1S/C20H20BrN3O4/c1-20(2)12-8-11(4-5-13(12)23-19(20)26)22-18(25)15-9-16-14(10-17(21)28-16)24(15)6-7-27-3/h4-5,8-10H,6-7H2,1-3H3,(H,22,25)(H,23,26). The zero-order valence-corrected chi connectivity index (χ0v) is 17.3. The van der Waals surface area contributed by atoms with Crippen molar-refractivity contribution in [2.45, 2.75) is 25.8 Å². The highest BCUT2D eigenvalue weighted by Crippen LogP contribution is 2.38. The summed E-state index contributed by atoms with van der Waals surface area (Å²) in [6, 6.07) is 8.98. The highest BCUT2D eigenvalue weighted by Gasteiger charge is 2.38. The molecule has 0 bridgehead atoms. The number of carbonyl (C=O) groups is 2. The molecule has 3 heterocycles. The fraction of sp³-hybridized carbons (Fsp3) is 0.300. The van der Waals surface area contributed by atoms with E-state index in [2.05, 4.69) is 26.6 Å². The normalized spacial score (nSPS) is 14.9. The lowest BCUT2D eigenvalue weighted by atomic mass is 9.86. The first-order chi connectivity index (χ1) is 13.3.